The standard InChI is InChI=1S/C17H25N3O4S/c18-10-11-19-17(22)14-7-3-4-8-15(14)20-16(21)9-12-25(23,24)13-5-1-2-6-13/h3-4,7-8,13H,1-2,5-6,9-12,18H2,(H,19,22)(H,20,21). The monoisotopic (exact) mass is 367 g/mol. The lowest BCUT2D eigenvalue weighted by atomic mass is 10.1. The summed E-state index contributed by atoms with van der Waals surface area (Å²) in [5.74, 6) is -0.911. The molecule has 1 aliphatic carbocycles. The van der Waals surface area contributed by atoms with Crippen molar-refractivity contribution < 1.29 is 18.0 Å². The van der Waals surface area contributed by atoms with Crippen LogP contribution in [0.2, 0.25) is 0 Å². The summed E-state index contributed by atoms with van der Waals surface area (Å²) in [5, 5.41) is 4.97. The highest BCUT2D eigenvalue weighted by molar-refractivity contribution is 7.92. The molecule has 1 aromatic carbocycles. The van der Waals surface area contributed by atoms with Crippen LogP contribution in [0.1, 0.15) is 42.5 Å². The molecule has 0 bridgehead atoms. The maximum atomic E-state index is 12.2. The molecule has 0 saturated heterocycles. The van der Waals surface area contributed by atoms with Crippen LogP contribution in [0.25, 0.3) is 0 Å². The third-order valence-corrected chi connectivity index (χ3v) is 6.56. The van der Waals surface area contributed by atoms with Crippen molar-refractivity contribution in [2.45, 2.75) is 37.4 Å². The summed E-state index contributed by atoms with van der Waals surface area (Å²) >= 11 is 0. The lowest BCUT2D eigenvalue weighted by Gasteiger charge is -2.13. The number of hydrogen-bond acceptors (Lipinski definition) is 5. The number of para-hydroxylation sites is 1. The molecule has 2 rings (SSSR count). The van der Waals surface area contributed by atoms with Gasteiger partial charge in [-0.25, -0.2) is 8.42 Å². The van der Waals surface area contributed by atoms with Crippen LogP contribution in [-0.2, 0) is 14.6 Å². The van der Waals surface area contributed by atoms with Crippen molar-refractivity contribution in [2.75, 3.05) is 24.2 Å². The molecule has 0 radical (unpaired) electrons. The van der Waals surface area contributed by atoms with E-state index < -0.39 is 15.7 Å². The fraction of sp³-hybridized carbons (Fsp3) is 0.529. The van der Waals surface area contributed by atoms with Crippen molar-refractivity contribution in [3.63, 3.8) is 0 Å². The van der Waals surface area contributed by atoms with Crippen molar-refractivity contribution in [3.8, 4) is 0 Å². The van der Waals surface area contributed by atoms with E-state index in [0.717, 1.165) is 12.8 Å². The first-order chi connectivity index (χ1) is 11.9. The fourth-order valence-corrected chi connectivity index (χ4v) is 4.79. The third-order valence-electron chi connectivity index (χ3n) is 4.30. The van der Waals surface area contributed by atoms with E-state index in [0.29, 0.717) is 37.2 Å². The van der Waals surface area contributed by atoms with Gasteiger partial charge in [0.05, 0.1) is 22.3 Å². The van der Waals surface area contributed by atoms with E-state index in [4.69, 9.17) is 5.73 Å². The second-order valence-corrected chi connectivity index (χ2v) is 8.56. The van der Waals surface area contributed by atoms with E-state index in [1.165, 1.54) is 0 Å². The number of rotatable bonds is 8. The Balaban J connectivity index is 1.95. The van der Waals surface area contributed by atoms with Crippen LogP contribution in [0, 0.1) is 0 Å². The first-order valence-corrected chi connectivity index (χ1v) is 10.2. The molecule has 1 aliphatic rings. The van der Waals surface area contributed by atoms with Crippen molar-refractivity contribution in [3.05, 3.63) is 29.8 Å². The highest BCUT2D eigenvalue weighted by Crippen LogP contribution is 2.25. The Bertz CT molecular complexity index is 712. The SMILES string of the molecule is NCCNC(=O)c1ccccc1NC(=O)CCS(=O)(=O)C1CCCC1. The van der Waals surface area contributed by atoms with Crippen molar-refractivity contribution in [2.24, 2.45) is 5.73 Å². The van der Waals surface area contributed by atoms with Crippen molar-refractivity contribution in [1.29, 1.82) is 0 Å². The van der Waals surface area contributed by atoms with E-state index in [-0.39, 0.29) is 23.3 Å². The van der Waals surface area contributed by atoms with Gasteiger partial charge in [-0.05, 0) is 25.0 Å². The van der Waals surface area contributed by atoms with E-state index in [9.17, 15) is 18.0 Å². The predicted octanol–water partition coefficient (Wildman–Crippen LogP) is 1.06. The predicted molar refractivity (Wildman–Crippen MR) is 97.1 cm³/mol. The van der Waals surface area contributed by atoms with Gasteiger partial charge < -0.3 is 16.4 Å². The van der Waals surface area contributed by atoms with Gasteiger partial charge in [0.2, 0.25) is 5.91 Å². The average molecular weight is 367 g/mol. The third kappa shape index (κ3) is 5.54. The van der Waals surface area contributed by atoms with Gasteiger partial charge in [0, 0.05) is 19.5 Å². The highest BCUT2D eigenvalue weighted by atomic mass is 32.2. The Morgan fingerprint density at radius 2 is 1.84 bits per heavy atom. The first kappa shape index (κ1) is 19.4. The van der Waals surface area contributed by atoms with E-state index in [2.05, 4.69) is 10.6 Å². The quantitative estimate of drug-likeness (QED) is 0.635. The summed E-state index contributed by atoms with van der Waals surface area (Å²) in [6.07, 6.45) is 3.13. The zero-order valence-corrected chi connectivity index (χ0v) is 15.0. The van der Waals surface area contributed by atoms with Crippen LogP contribution in [0.15, 0.2) is 24.3 Å². The van der Waals surface area contributed by atoms with Crippen molar-refractivity contribution in [1.82, 2.24) is 5.32 Å². The zero-order chi connectivity index (χ0) is 18.3. The molecule has 0 heterocycles. The molecule has 0 spiro atoms. The van der Waals surface area contributed by atoms with E-state index >= 15 is 0 Å². The molecule has 1 fully saturated rings. The molecular weight excluding hydrogens is 342 g/mol. The molecule has 8 heteroatoms. The number of carbonyl (C=O) groups is 2. The molecule has 1 saturated carbocycles. The smallest absolute Gasteiger partial charge is 0.253 e. The van der Waals surface area contributed by atoms with E-state index in [1.54, 1.807) is 24.3 Å². The number of anilines is 1. The van der Waals surface area contributed by atoms with Crippen LogP contribution >= 0.6 is 0 Å². The minimum Gasteiger partial charge on any atom is -0.351 e. The zero-order valence-electron chi connectivity index (χ0n) is 14.2. The summed E-state index contributed by atoms with van der Waals surface area (Å²) in [6.45, 7) is 0.653. The topological polar surface area (TPSA) is 118 Å². The Hall–Kier alpha value is -1.93. The molecule has 0 atom stereocenters. The largest absolute Gasteiger partial charge is 0.351 e. The van der Waals surface area contributed by atoms with Gasteiger partial charge in [-0.2, -0.15) is 0 Å². The number of benzene rings is 1. The van der Waals surface area contributed by atoms with Gasteiger partial charge in [0.25, 0.3) is 5.91 Å². The minimum absolute atomic E-state index is 0.114. The molecule has 1 aromatic rings. The summed E-state index contributed by atoms with van der Waals surface area (Å²) in [7, 11) is -3.24. The number of nitrogens with one attached hydrogen (secondary N) is 2. The summed E-state index contributed by atoms with van der Waals surface area (Å²) in [4.78, 5) is 24.2. The number of amides is 2. The van der Waals surface area contributed by atoms with Gasteiger partial charge >= 0.3 is 0 Å². The molecule has 25 heavy (non-hydrogen) atoms. The Labute approximate surface area is 148 Å². The second kappa shape index (κ2) is 8.96. The molecule has 4 N–H and O–H groups in total. The Morgan fingerprint density at radius 1 is 1.16 bits per heavy atom. The minimum atomic E-state index is -3.24. The normalized spacial score (nSPS) is 15.1. The summed E-state index contributed by atoms with van der Waals surface area (Å²) < 4.78 is 24.5. The lowest BCUT2D eigenvalue weighted by molar-refractivity contribution is -0.115. The van der Waals surface area contributed by atoms with Crippen LogP contribution in [0.4, 0.5) is 5.69 Å². The van der Waals surface area contributed by atoms with Crippen LogP contribution in [-0.4, -0.2) is 44.3 Å². The highest BCUT2D eigenvalue weighted by Gasteiger charge is 2.29. The Morgan fingerprint density at radius 3 is 2.52 bits per heavy atom. The molecular formula is C17H25N3O4S. The van der Waals surface area contributed by atoms with Gasteiger partial charge in [0.15, 0.2) is 9.84 Å². The van der Waals surface area contributed by atoms with Crippen LogP contribution in [0.3, 0.4) is 0 Å². The van der Waals surface area contributed by atoms with E-state index in [1.807, 2.05) is 0 Å². The van der Waals surface area contributed by atoms with Crippen molar-refractivity contribution >= 4 is 27.3 Å². The summed E-state index contributed by atoms with van der Waals surface area (Å²) in [5.41, 5.74) is 6.05. The second-order valence-electron chi connectivity index (χ2n) is 6.16. The number of sulfone groups is 1. The molecule has 7 nitrogen and oxygen atoms in total. The first-order valence-electron chi connectivity index (χ1n) is 8.53. The molecule has 138 valence electrons. The molecule has 0 unspecified atom stereocenters. The maximum absolute atomic E-state index is 12.2. The summed E-state index contributed by atoms with van der Waals surface area (Å²) in [6, 6.07) is 6.60. The number of nitrogens with two attached hydrogens (primary N) is 1. The number of carbonyl (C=O) groups excluding carboxylic acids is 2. The van der Waals surface area contributed by atoms with Gasteiger partial charge in [-0.1, -0.05) is 25.0 Å². The molecule has 0 aliphatic heterocycles. The van der Waals surface area contributed by atoms with Crippen LogP contribution in [0.5, 0.6) is 0 Å². The molecule has 0 aromatic heterocycles. The Kier molecular flexibility index (Phi) is 6.95. The number of hydrogen-bond donors (Lipinski definition) is 3. The fourth-order valence-electron chi connectivity index (χ4n) is 2.93. The lowest BCUT2D eigenvalue weighted by Crippen LogP contribution is -2.30. The van der Waals surface area contributed by atoms with Gasteiger partial charge in [0.1, 0.15) is 0 Å². The molecule has 2 amide bonds. The average Bonchev–Trinajstić information content (AvgIpc) is 3.14. The maximum Gasteiger partial charge on any atom is 0.253 e. The van der Waals surface area contributed by atoms with Gasteiger partial charge in [-0.15, -0.1) is 0 Å². The van der Waals surface area contributed by atoms with Crippen LogP contribution < -0.4 is 16.4 Å². The van der Waals surface area contributed by atoms with Gasteiger partial charge in [-0.3, -0.25) is 9.59 Å².